The minimum atomic E-state index is -1.91. The SMILES string of the molecule is C=C1CC[C@H]2[C@H](Cn3cncn3)[C@@H](C3(C)CCC(OC(C)=O)CC3CO[Si](C)(C)C(C)(C)C)CC[C@]12C. The summed E-state index contributed by atoms with van der Waals surface area (Å²) < 4.78 is 14.7. The Morgan fingerprint density at radius 1 is 1.19 bits per heavy atom. The number of ether oxygens (including phenoxy) is 1. The Hall–Kier alpha value is -1.47. The van der Waals surface area contributed by atoms with Gasteiger partial charge in [0.1, 0.15) is 18.8 Å². The fourth-order valence-corrected chi connectivity index (χ4v) is 8.86. The topological polar surface area (TPSA) is 66.2 Å². The highest BCUT2D eigenvalue weighted by Crippen LogP contribution is 2.64. The van der Waals surface area contributed by atoms with E-state index in [9.17, 15) is 4.79 Å². The second-order valence-electron chi connectivity index (χ2n) is 14.4. The lowest BCUT2D eigenvalue weighted by Gasteiger charge is -2.57. The van der Waals surface area contributed by atoms with E-state index in [2.05, 4.69) is 69.1 Å². The molecule has 1 aromatic heterocycles. The molecule has 0 N–H and O–H groups in total. The molecule has 0 aliphatic heterocycles. The first-order valence-electron chi connectivity index (χ1n) is 14.5. The molecule has 0 spiro atoms. The van der Waals surface area contributed by atoms with Crippen LogP contribution in [0, 0.1) is 34.5 Å². The van der Waals surface area contributed by atoms with Crippen LogP contribution in [0.5, 0.6) is 0 Å². The van der Waals surface area contributed by atoms with Crippen molar-refractivity contribution in [1.82, 2.24) is 14.8 Å². The van der Waals surface area contributed by atoms with Crippen molar-refractivity contribution in [2.75, 3.05) is 6.61 Å². The molecule has 0 saturated heterocycles. The van der Waals surface area contributed by atoms with Crippen LogP contribution in [0.3, 0.4) is 0 Å². The van der Waals surface area contributed by atoms with Gasteiger partial charge >= 0.3 is 5.97 Å². The molecule has 1 aromatic rings. The number of fused-ring (bicyclic) bond motifs is 1. The minimum Gasteiger partial charge on any atom is -0.463 e. The molecule has 3 aliphatic carbocycles. The van der Waals surface area contributed by atoms with Crippen LogP contribution in [0.15, 0.2) is 24.8 Å². The van der Waals surface area contributed by atoms with E-state index in [4.69, 9.17) is 9.16 Å². The van der Waals surface area contributed by atoms with Crippen LogP contribution >= 0.6 is 0 Å². The maximum atomic E-state index is 11.9. The third kappa shape index (κ3) is 5.50. The lowest BCUT2D eigenvalue weighted by atomic mass is 9.49. The van der Waals surface area contributed by atoms with Crippen LogP contribution in [0.4, 0.5) is 0 Å². The van der Waals surface area contributed by atoms with E-state index in [0.29, 0.717) is 23.7 Å². The van der Waals surface area contributed by atoms with Crippen LogP contribution < -0.4 is 0 Å². The summed E-state index contributed by atoms with van der Waals surface area (Å²) in [5.41, 5.74) is 1.79. The molecule has 0 amide bonds. The van der Waals surface area contributed by atoms with Gasteiger partial charge in [-0.2, -0.15) is 5.10 Å². The fourth-order valence-electron chi connectivity index (χ4n) is 7.81. The Labute approximate surface area is 226 Å². The molecule has 0 aromatic carbocycles. The van der Waals surface area contributed by atoms with Gasteiger partial charge in [0.15, 0.2) is 8.32 Å². The standard InChI is InChI=1S/C30H51N3O3Si/c1-21-10-11-26-25(17-33-20-31-19-32-33)27(13-15-29(21,26)6)30(7)14-12-24(36-22(2)34)16-23(30)18-35-37(8,9)28(3,4)5/h19-20,23-27H,1,10-18H2,2-9H3/t23?,24?,25-,26-,27-,29+,30?/m0/s1. The first kappa shape index (κ1) is 28.5. The first-order valence-corrected chi connectivity index (χ1v) is 17.4. The Kier molecular flexibility index (Phi) is 7.91. The molecule has 3 unspecified atom stereocenters. The summed E-state index contributed by atoms with van der Waals surface area (Å²) in [4.78, 5) is 16.1. The van der Waals surface area contributed by atoms with Crippen molar-refractivity contribution in [2.24, 2.45) is 34.5 Å². The summed E-state index contributed by atoms with van der Waals surface area (Å²) in [6.45, 7) is 24.4. The predicted octanol–water partition coefficient (Wildman–Crippen LogP) is 7.04. The molecule has 7 heteroatoms. The van der Waals surface area contributed by atoms with E-state index < -0.39 is 8.32 Å². The lowest BCUT2D eigenvalue weighted by molar-refractivity contribution is -0.155. The molecule has 37 heavy (non-hydrogen) atoms. The van der Waals surface area contributed by atoms with Crippen molar-refractivity contribution in [2.45, 2.75) is 117 Å². The normalized spacial score (nSPS) is 36.9. The first-order chi connectivity index (χ1) is 17.2. The number of rotatable bonds is 7. The number of carbonyl (C=O) groups excluding carboxylic acids is 1. The average molecular weight is 530 g/mol. The highest BCUT2D eigenvalue weighted by Gasteiger charge is 2.57. The van der Waals surface area contributed by atoms with Crippen LogP contribution in [0.25, 0.3) is 0 Å². The Bertz CT molecular complexity index is 971. The van der Waals surface area contributed by atoms with E-state index in [-0.39, 0.29) is 27.9 Å². The summed E-state index contributed by atoms with van der Waals surface area (Å²) in [6, 6.07) is 0. The number of hydrogen-bond donors (Lipinski definition) is 0. The largest absolute Gasteiger partial charge is 0.463 e. The summed E-state index contributed by atoms with van der Waals surface area (Å²) >= 11 is 0. The Morgan fingerprint density at radius 3 is 2.54 bits per heavy atom. The van der Waals surface area contributed by atoms with Crippen molar-refractivity contribution in [3.63, 3.8) is 0 Å². The molecular formula is C30H51N3O3Si. The summed E-state index contributed by atoms with van der Waals surface area (Å²) in [6.07, 6.45) is 11.2. The smallest absolute Gasteiger partial charge is 0.302 e. The Morgan fingerprint density at radius 2 is 1.92 bits per heavy atom. The lowest BCUT2D eigenvalue weighted by Crippen LogP contribution is -2.53. The van der Waals surface area contributed by atoms with E-state index in [1.807, 2.05) is 6.33 Å². The third-order valence-electron chi connectivity index (χ3n) is 11.4. The predicted molar refractivity (Wildman–Crippen MR) is 150 cm³/mol. The molecule has 4 rings (SSSR count). The van der Waals surface area contributed by atoms with Gasteiger partial charge in [-0.1, -0.05) is 46.8 Å². The van der Waals surface area contributed by atoms with E-state index >= 15 is 0 Å². The van der Waals surface area contributed by atoms with Gasteiger partial charge in [-0.15, -0.1) is 0 Å². The molecule has 0 bridgehead atoms. The molecule has 1 heterocycles. The number of esters is 1. The van der Waals surface area contributed by atoms with Gasteiger partial charge in [0.05, 0.1) is 0 Å². The van der Waals surface area contributed by atoms with Gasteiger partial charge in [0.25, 0.3) is 0 Å². The highest BCUT2D eigenvalue weighted by atomic mass is 28.4. The zero-order chi connectivity index (χ0) is 27.2. The molecule has 6 nitrogen and oxygen atoms in total. The number of aromatic nitrogens is 3. The van der Waals surface area contributed by atoms with Crippen molar-refractivity contribution in [1.29, 1.82) is 0 Å². The van der Waals surface area contributed by atoms with Crippen molar-refractivity contribution < 1.29 is 14.0 Å². The van der Waals surface area contributed by atoms with Crippen LogP contribution in [0.2, 0.25) is 18.1 Å². The molecule has 208 valence electrons. The fraction of sp³-hybridized carbons (Fsp3) is 0.833. The zero-order valence-corrected chi connectivity index (χ0v) is 25.7. The van der Waals surface area contributed by atoms with Crippen LogP contribution in [-0.4, -0.2) is 41.8 Å². The van der Waals surface area contributed by atoms with E-state index in [1.165, 1.54) is 31.8 Å². The van der Waals surface area contributed by atoms with Gasteiger partial charge in [-0.25, -0.2) is 4.98 Å². The van der Waals surface area contributed by atoms with Crippen molar-refractivity contribution in [3.05, 3.63) is 24.8 Å². The quantitative estimate of drug-likeness (QED) is 0.215. The van der Waals surface area contributed by atoms with Crippen LogP contribution in [0.1, 0.15) is 86.5 Å². The molecule has 0 radical (unpaired) electrons. The zero-order valence-electron chi connectivity index (χ0n) is 24.7. The molecular weight excluding hydrogens is 478 g/mol. The average Bonchev–Trinajstić information content (AvgIpc) is 3.41. The van der Waals surface area contributed by atoms with Crippen LogP contribution in [-0.2, 0) is 20.5 Å². The summed E-state index contributed by atoms with van der Waals surface area (Å²) in [5, 5.41) is 4.70. The number of allylic oxidation sites excluding steroid dienone is 1. The third-order valence-corrected chi connectivity index (χ3v) is 15.9. The van der Waals surface area contributed by atoms with E-state index in [1.54, 1.807) is 6.33 Å². The number of carbonyl (C=O) groups is 1. The molecule has 7 atom stereocenters. The molecule has 3 fully saturated rings. The molecule has 3 aliphatic rings. The Balaban J connectivity index is 1.66. The van der Waals surface area contributed by atoms with Gasteiger partial charge in [-0.05, 0) is 97.6 Å². The monoisotopic (exact) mass is 529 g/mol. The second-order valence-corrected chi connectivity index (χ2v) is 19.2. The van der Waals surface area contributed by atoms with Gasteiger partial charge < -0.3 is 9.16 Å². The highest BCUT2D eigenvalue weighted by molar-refractivity contribution is 6.74. The summed E-state index contributed by atoms with van der Waals surface area (Å²) in [5.74, 6) is 1.89. The van der Waals surface area contributed by atoms with Gasteiger partial charge in [0, 0.05) is 20.1 Å². The maximum absolute atomic E-state index is 11.9. The van der Waals surface area contributed by atoms with E-state index in [0.717, 1.165) is 38.8 Å². The van der Waals surface area contributed by atoms with Gasteiger partial charge in [-0.3, -0.25) is 9.48 Å². The minimum absolute atomic E-state index is 0.00697. The second kappa shape index (κ2) is 10.3. The summed E-state index contributed by atoms with van der Waals surface area (Å²) in [7, 11) is -1.91. The van der Waals surface area contributed by atoms with Gasteiger partial charge in [0.2, 0.25) is 0 Å². The number of nitrogens with zero attached hydrogens (tertiary/aromatic N) is 3. The van der Waals surface area contributed by atoms with Crippen molar-refractivity contribution >= 4 is 14.3 Å². The van der Waals surface area contributed by atoms with Crippen molar-refractivity contribution in [3.8, 4) is 0 Å². The molecule has 3 saturated carbocycles. The maximum Gasteiger partial charge on any atom is 0.302 e. The number of hydrogen-bond acceptors (Lipinski definition) is 5.